The maximum atomic E-state index is 12.4. The molecule has 1 amide bonds. The third kappa shape index (κ3) is 3.01. The molecule has 0 N–H and O–H groups in total. The largest absolute Gasteiger partial charge is 0.335 e. The van der Waals surface area contributed by atoms with E-state index in [1.54, 1.807) is 11.9 Å². The van der Waals surface area contributed by atoms with Gasteiger partial charge in [0.15, 0.2) is 0 Å². The zero-order valence-corrected chi connectivity index (χ0v) is 11.7. The summed E-state index contributed by atoms with van der Waals surface area (Å²) >= 11 is 5.90. The van der Waals surface area contributed by atoms with Crippen molar-refractivity contribution in [1.82, 2.24) is 4.90 Å². The minimum atomic E-state index is -0.334. The highest BCUT2D eigenvalue weighted by atomic mass is 35.5. The Balaban J connectivity index is 3.04. The Bertz CT molecular complexity index is 401. The first-order chi connectivity index (χ1) is 7.94. The van der Waals surface area contributed by atoms with Crippen LogP contribution in [0.5, 0.6) is 0 Å². The van der Waals surface area contributed by atoms with E-state index >= 15 is 0 Å². The van der Waals surface area contributed by atoms with E-state index in [0.29, 0.717) is 5.88 Å². The number of amides is 1. The first kappa shape index (κ1) is 14.0. The Morgan fingerprint density at radius 1 is 1.35 bits per heavy atom. The van der Waals surface area contributed by atoms with Crippen LogP contribution in [0.3, 0.4) is 0 Å². The van der Waals surface area contributed by atoms with Crippen molar-refractivity contribution in [3.63, 3.8) is 0 Å². The lowest BCUT2D eigenvalue weighted by Crippen LogP contribution is -2.46. The Morgan fingerprint density at radius 3 is 2.47 bits per heavy atom. The predicted octanol–water partition coefficient (Wildman–Crippen LogP) is 3.34. The maximum Gasteiger partial charge on any atom is 0.254 e. The number of hydrogen-bond acceptors (Lipinski definition) is 1. The summed E-state index contributed by atoms with van der Waals surface area (Å²) in [5.74, 6) is 0.455. The third-order valence-corrected chi connectivity index (χ3v) is 3.82. The van der Waals surface area contributed by atoms with Crippen LogP contribution in [-0.4, -0.2) is 29.3 Å². The molecule has 94 valence electrons. The Morgan fingerprint density at radius 2 is 1.94 bits per heavy atom. The summed E-state index contributed by atoms with van der Waals surface area (Å²) in [4.78, 5) is 14.1. The summed E-state index contributed by atoms with van der Waals surface area (Å²) in [5.41, 5.74) is 1.52. The molecule has 1 rings (SSSR count). The van der Waals surface area contributed by atoms with Gasteiger partial charge in [0.1, 0.15) is 0 Å². The van der Waals surface area contributed by atoms with Crippen LogP contribution in [0.2, 0.25) is 0 Å². The van der Waals surface area contributed by atoms with Gasteiger partial charge in [-0.05, 0) is 31.9 Å². The average Bonchev–Trinajstić information content (AvgIpc) is 2.36. The van der Waals surface area contributed by atoms with Crippen molar-refractivity contribution in [2.24, 2.45) is 0 Å². The minimum Gasteiger partial charge on any atom is -0.335 e. The van der Waals surface area contributed by atoms with Gasteiger partial charge >= 0.3 is 0 Å². The summed E-state index contributed by atoms with van der Waals surface area (Å²) in [6.07, 6.45) is 0.858. The number of halogens is 1. The van der Waals surface area contributed by atoms with E-state index in [2.05, 4.69) is 6.92 Å². The number of aryl methyl sites for hydroxylation is 1. The fraction of sp³-hybridized carbons (Fsp3) is 0.500. The smallest absolute Gasteiger partial charge is 0.254 e. The van der Waals surface area contributed by atoms with Crippen molar-refractivity contribution < 1.29 is 4.79 Å². The molecule has 17 heavy (non-hydrogen) atoms. The molecule has 1 aromatic rings. The number of carbonyl (C=O) groups excluding carboxylic acids is 1. The van der Waals surface area contributed by atoms with Crippen LogP contribution < -0.4 is 0 Å². The molecule has 0 aliphatic heterocycles. The van der Waals surface area contributed by atoms with Crippen molar-refractivity contribution >= 4 is 17.5 Å². The topological polar surface area (TPSA) is 20.3 Å². The van der Waals surface area contributed by atoms with Gasteiger partial charge in [0, 0.05) is 18.5 Å². The summed E-state index contributed by atoms with van der Waals surface area (Å²) in [7, 11) is 1.80. The molecule has 0 aliphatic rings. The molecule has 2 nitrogen and oxygen atoms in total. The van der Waals surface area contributed by atoms with Crippen LogP contribution in [-0.2, 0) is 6.42 Å². The second kappa shape index (κ2) is 5.54. The number of rotatable bonds is 4. The van der Waals surface area contributed by atoms with Gasteiger partial charge in [0.05, 0.1) is 5.54 Å². The van der Waals surface area contributed by atoms with Crippen molar-refractivity contribution in [3.8, 4) is 0 Å². The second-order valence-electron chi connectivity index (χ2n) is 4.82. The molecule has 0 bridgehead atoms. The first-order valence-corrected chi connectivity index (χ1v) is 6.39. The zero-order chi connectivity index (χ0) is 13.1. The van der Waals surface area contributed by atoms with Gasteiger partial charge in [-0.15, -0.1) is 11.6 Å². The summed E-state index contributed by atoms with van der Waals surface area (Å²) in [6.45, 7) is 5.98. The normalized spacial score (nSPS) is 11.4. The van der Waals surface area contributed by atoms with Crippen LogP contribution in [0.1, 0.15) is 36.7 Å². The molecular weight excluding hydrogens is 234 g/mol. The molecule has 0 spiro atoms. The van der Waals surface area contributed by atoms with Gasteiger partial charge in [-0.3, -0.25) is 4.79 Å². The molecule has 0 atom stereocenters. The van der Waals surface area contributed by atoms with Crippen molar-refractivity contribution in [3.05, 3.63) is 35.4 Å². The van der Waals surface area contributed by atoms with Gasteiger partial charge in [0.25, 0.3) is 5.91 Å². The van der Waals surface area contributed by atoms with E-state index in [-0.39, 0.29) is 11.4 Å². The van der Waals surface area contributed by atoms with Gasteiger partial charge in [0.2, 0.25) is 0 Å². The van der Waals surface area contributed by atoms with E-state index in [1.807, 2.05) is 38.1 Å². The van der Waals surface area contributed by atoms with Gasteiger partial charge in [-0.1, -0.05) is 25.1 Å². The van der Waals surface area contributed by atoms with Gasteiger partial charge in [-0.25, -0.2) is 0 Å². The molecule has 0 fully saturated rings. The Labute approximate surface area is 109 Å². The summed E-state index contributed by atoms with van der Waals surface area (Å²) in [5, 5.41) is 0. The molecule has 0 unspecified atom stereocenters. The fourth-order valence-electron chi connectivity index (χ4n) is 1.58. The van der Waals surface area contributed by atoms with Crippen molar-refractivity contribution in [1.29, 1.82) is 0 Å². The number of alkyl halides is 1. The molecular formula is C14H20ClNO. The van der Waals surface area contributed by atoms with Crippen LogP contribution in [0.4, 0.5) is 0 Å². The van der Waals surface area contributed by atoms with E-state index in [9.17, 15) is 4.79 Å². The maximum absolute atomic E-state index is 12.4. The van der Waals surface area contributed by atoms with Crippen LogP contribution >= 0.6 is 11.6 Å². The van der Waals surface area contributed by atoms with E-state index in [4.69, 9.17) is 11.6 Å². The quantitative estimate of drug-likeness (QED) is 0.754. The Hall–Kier alpha value is -1.02. The lowest BCUT2D eigenvalue weighted by Gasteiger charge is -2.34. The molecule has 3 heteroatoms. The minimum absolute atomic E-state index is 0.0353. The molecule has 0 saturated heterocycles. The summed E-state index contributed by atoms with van der Waals surface area (Å²) in [6, 6.07) is 7.73. The lowest BCUT2D eigenvalue weighted by molar-refractivity contribution is 0.0659. The second-order valence-corrected chi connectivity index (χ2v) is 5.09. The van der Waals surface area contributed by atoms with E-state index < -0.39 is 0 Å². The predicted molar refractivity (Wildman–Crippen MR) is 72.7 cm³/mol. The number of carbonyl (C=O) groups is 1. The number of hydrogen-bond donors (Lipinski definition) is 0. The standard InChI is InChI=1S/C14H20ClNO/c1-5-11-8-6-7-9-12(11)13(17)16(4)14(2,3)10-15/h6-9H,5,10H2,1-4H3. The van der Waals surface area contributed by atoms with Crippen molar-refractivity contribution in [2.75, 3.05) is 12.9 Å². The fourth-order valence-corrected chi connectivity index (χ4v) is 1.76. The number of nitrogens with zero attached hydrogens (tertiary/aromatic N) is 1. The van der Waals surface area contributed by atoms with Gasteiger partial charge in [-0.2, -0.15) is 0 Å². The molecule has 1 aromatic carbocycles. The zero-order valence-electron chi connectivity index (χ0n) is 11.0. The number of benzene rings is 1. The third-order valence-electron chi connectivity index (χ3n) is 3.17. The molecule has 0 heterocycles. The molecule has 0 aromatic heterocycles. The monoisotopic (exact) mass is 253 g/mol. The highest BCUT2D eigenvalue weighted by molar-refractivity contribution is 6.18. The average molecular weight is 254 g/mol. The first-order valence-electron chi connectivity index (χ1n) is 5.86. The molecule has 0 aliphatic carbocycles. The molecule has 0 radical (unpaired) electrons. The molecule has 0 saturated carbocycles. The summed E-state index contributed by atoms with van der Waals surface area (Å²) < 4.78 is 0. The van der Waals surface area contributed by atoms with Gasteiger partial charge < -0.3 is 4.90 Å². The van der Waals surface area contributed by atoms with Crippen LogP contribution in [0.25, 0.3) is 0 Å². The highest BCUT2D eigenvalue weighted by Crippen LogP contribution is 2.19. The van der Waals surface area contributed by atoms with Crippen LogP contribution in [0.15, 0.2) is 24.3 Å². The lowest BCUT2D eigenvalue weighted by atomic mass is 10.0. The van der Waals surface area contributed by atoms with Crippen molar-refractivity contribution in [2.45, 2.75) is 32.7 Å². The van der Waals surface area contributed by atoms with E-state index in [1.165, 1.54) is 0 Å². The van der Waals surface area contributed by atoms with E-state index in [0.717, 1.165) is 17.5 Å². The van der Waals surface area contributed by atoms with Crippen LogP contribution in [0, 0.1) is 0 Å². The Kier molecular flexibility index (Phi) is 4.58. The SMILES string of the molecule is CCc1ccccc1C(=O)N(C)C(C)(C)CCl. The highest BCUT2D eigenvalue weighted by Gasteiger charge is 2.28.